The zero-order chi connectivity index (χ0) is 23.6. The summed E-state index contributed by atoms with van der Waals surface area (Å²) in [6, 6.07) is 18.1. The van der Waals surface area contributed by atoms with Gasteiger partial charge >= 0.3 is 10.2 Å². The van der Waals surface area contributed by atoms with E-state index in [-0.39, 0.29) is 11.8 Å². The second-order valence-corrected chi connectivity index (χ2v) is 9.58. The molecule has 8 nitrogen and oxygen atoms in total. The normalized spacial score (nSPS) is 14.7. The van der Waals surface area contributed by atoms with E-state index < -0.39 is 10.2 Å². The Balaban J connectivity index is 1.47. The summed E-state index contributed by atoms with van der Waals surface area (Å²) < 4.78 is 27.6. The van der Waals surface area contributed by atoms with Gasteiger partial charge < -0.3 is 10.6 Å². The maximum absolute atomic E-state index is 12.7. The third kappa shape index (κ3) is 5.16. The first-order valence-electron chi connectivity index (χ1n) is 10.1. The molecule has 0 atom stereocenters. The van der Waals surface area contributed by atoms with E-state index in [0.29, 0.717) is 46.3 Å². The number of carbonyl (C=O) groups is 2. The van der Waals surface area contributed by atoms with E-state index in [2.05, 4.69) is 15.4 Å². The standard InChI is InChI=1S/C23H21ClN4O4S/c1-15-5-8-19(14-21(15)27-23(30)17-3-2-4-18(24)13-17)26-22(29)16-6-9-20(10-7-16)28-12-11-25-33(28,31)32/h2-10,13-14,25H,11-12H2,1H3,(H,26,29)(H,27,30). The maximum Gasteiger partial charge on any atom is 0.301 e. The molecule has 0 saturated carbocycles. The molecule has 0 unspecified atom stereocenters. The van der Waals surface area contributed by atoms with Crippen LogP contribution < -0.4 is 19.7 Å². The Morgan fingerprint density at radius 3 is 2.33 bits per heavy atom. The second kappa shape index (κ2) is 9.22. The van der Waals surface area contributed by atoms with Crippen LogP contribution in [0, 0.1) is 6.92 Å². The zero-order valence-corrected chi connectivity index (χ0v) is 19.2. The summed E-state index contributed by atoms with van der Waals surface area (Å²) in [4.78, 5) is 25.2. The first kappa shape index (κ1) is 22.8. The van der Waals surface area contributed by atoms with Gasteiger partial charge in [-0.25, -0.2) is 0 Å². The van der Waals surface area contributed by atoms with Crippen LogP contribution in [0.3, 0.4) is 0 Å². The number of amides is 2. The van der Waals surface area contributed by atoms with Crippen LogP contribution in [0.25, 0.3) is 0 Å². The van der Waals surface area contributed by atoms with Crippen LogP contribution >= 0.6 is 11.6 Å². The predicted octanol–water partition coefficient (Wildman–Crippen LogP) is 3.81. The van der Waals surface area contributed by atoms with Gasteiger partial charge in [0.25, 0.3) is 11.8 Å². The Morgan fingerprint density at radius 2 is 1.67 bits per heavy atom. The summed E-state index contributed by atoms with van der Waals surface area (Å²) in [6.45, 7) is 2.52. The Bertz CT molecular complexity index is 1330. The van der Waals surface area contributed by atoms with E-state index in [1.807, 2.05) is 6.92 Å². The molecule has 2 amide bonds. The lowest BCUT2D eigenvalue weighted by Crippen LogP contribution is -2.29. The first-order chi connectivity index (χ1) is 15.7. The number of halogens is 1. The fourth-order valence-electron chi connectivity index (χ4n) is 3.38. The first-order valence-corrected chi connectivity index (χ1v) is 11.9. The van der Waals surface area contributed by atoms with Gasteiger partial charge in [-0.2, -0.15) is 13.1 Å². The lowest BCUT2D eigenvalue weighted by molar-refractivity contribution is 0.101. The van der Waals surface area contributed by atoms with Gasteiger partial charge in [0.1, 0.15) is 0 Å². The van der Waals surface area contributed by atoms with Crippen molar-refractivity contribution >= 4 is 50.7 Å². The quantitative estimate of drug-likeness (QED) is 0.511. The summed E-state index contributed by atoms with van der Waals surface area (Å²) in [5, 5.41) is 6.10. The zero-order valence-electron chi connectivity index (χ0n) is 17.6. The topological polar surface area (TPSA) is 108 Å². The number of aryl methyl sites for hydroxylation is 1. The molecule has 0 bridgehead atoms. The van der Waals surface area contributed by atoms with Gasteiger partial charge in [-0.3, -0.25) is 13.9 Å². The van der Waals surface area contributed by atoms with Crippen LogP contribution in [-0.4, -0.2) is 33.3 Å². The second-order valence-electron chi connectivity index (χ2n) is 7.47. The average molecular weight is 485 g/mol. The number of nitrogens with zero attached hydrogens (tertiary/aromatic N) is 1. The molecule has 4 rings (SSSR count). The van der Waals surface area contributed by atoms with Crippen molar-refractivity contribution in [3.63, 3.8) is 0 Å². The van der Waals surface area contributed by atoms with Crippen molar-refractivity contribution in [3.8, 4) is 0 Å². The van der Waals surface area contributed by atoms with Crippen LogP contribution in [0.4, 0.5) is 17.1 Å². The highest BCUT2D eigenvalue weighted by molar-refractivity contribution is 7.91. The Kier molecular flexibility index (Phi) is 6.37. The van der Waals surface area contributed by atoms with Crippen molar-refractivity contribution in [2.24, 2.45) is 0 Å². The summed E-state index contributed by atoms with van der Waals surface area (Å²) >= 11 is 5.96. The Hall–Kier alpha value is -3.40. The molecule has 1 fully saturated rings. The molecule has 33 heavy (non-hydrogen) atoms. The lowest BCUT2D eigenvalue weighted by atomic mass is 10.1. The van der Waals surface area contributed by atoms with Gasteiger partial charge in [0.15, 0.2) is 0 Å². The SMILES string of the molecule is Cc1ccc(NC(=O)c2ccc(N3CCNS3(=O)=O)cc2)cc1NC(=O)c1cccc(Cl)c1. The monoisotopic (exact) mass is 484 g/mol. The lowest BCUT2D eigenvalue weighted by Gasteiger charge is -2.16. The molecule has 0 aliphatic carbocycles. The van der Waals surface area contributed by atoms with Crippen LogP contribution in [-0.2, 0) is 10.2 Å². The molecule has 1 saturated heterocycles. The van der Waals surface area contributed by atoms with Crippen molar-refractivity contribution in [1.82, 2.24) is 4.72 Å². The number of anilines is 3. The molecule has 0 radical (unpaired) electrons. The molecule has 0 spiro atoms. The molecule has 1 heterocycles. The summed E-state index contributed by atoms with van der Waals surface area (Å²) in [7, 11) is -3.52. The van der Waals surface area contributed by atoms with Crippen molar-refractivity contribution < 1.29 is 18.0 Å². The maximum atomic E-state index is 12.7. The van der Waals surface area contributed by atoms with Crippen LogP contribution in [0.15, 0.2) is 66.7 Å². The van der Waals surface area contributed by atoms with Crippen LogP contribution in [0.1, 0.15) is 26.3 Å². The van der Waals surface area contributed by atoms with Gasteiger partial charge in [-0.05, 0) is 67.1 Å². The highest BCUT2D eigenvalue weighted by Gasteiger charge is 2.27. The summed E-state index contributed by atoms with van der Waals surface area (Å²) in [5.74, 6) is -0.675. The molecule has 1 aliphatic rings. The van der Waals surface area contributed by atoms with E-state index in [9.17, 15) is 18.0 Å². The van der Waals surface area contributed by atoms with E-state index in [1.54, 1.807) is 66.7 Å². The van der Waals surface area contributed by atoms with E-state index >= 15 is 0 Å². The average Bonchev–Trinajstić information content (AvgIpc) is 3.15. The molecule has 3 N–H and O–H groups in total. The minimum absolute atomic E-state index is 0.314. The number of nitrogens with one attached hydrogen (secondary N) is 3. The van der Waals surface area contributed by atoms with Crippen molar-refractivity contribution in [2.75, 3.05) is 28.0 Å². The van der Waals surface area contributed by atoms with Crippen molar-refractivity contribution in [3.05, 3.63) is 88.4 Å². The van der Waals surface area contributed by atoms with Crippen LogP contribution in [0.2, 0.25) is 5.02 Å². The summed E-state index contributed by atoms with van der Waals surface area (Å²) in [6.07, 6.45) is 0. The van der Waals surface area contributed by atoms with Crippen LogP contribution in [0.5, 0.6) is 0 Å². The molecular formula is C23H21ClN4O4S. The number of hydrogen-bond donors (Lipinski definition) is 3. The van der Waals surface area contributed by atoms with Gasteiger partial charge in [0.05, 0.1) is 5.69 Å². The minimum Gasteiger partial charge on any atom is -0.322 e. The van der Waals surface area contributed by atoms with Gasteiger partial charge in [0.2, 0.25) is 0 Å². The smallest absolute Gasteiger partial charge is 0.301 e. The molecule has 3 aromatic carbocycles. The number of hydrogen-bond acceptors (Lipinski definition) is 4. The highest BCUT2D eigenvalue weighted by Crippen LogP contribution is 2.24. The van der Waals surface area contributed by atoms with Gasteiger partial charge in [-0.1, -0.05) is 23.7 Å². The molecule has 1 aliphatic heterocycles. The molecule has 0 aromatic heterocycles. The minimum atomic E-state index is -3.52. The molecule has 10 heteroatoms. The largest absolute Gasteiger partial charge is 0.322 e. The fourth-order valence-corrected chi connectivity index (χ4v) is 4.81. The number of rotatable bonds is 5. The number of benzene rings is 3. The Labute approximate surface area is 196 Å². The Morgan fingerprint density at radius 1 is 0.939 bits per heavy atom. The number of carbonyl (C=O) groups excluding carboxylic acids is 2. The third-order valence-corrected chi connectivity index (χ3v) is 6.92. The molecule has 3 aromatic rings. The van der Waals surface area contributed by atoms with Gasteiger partial charge in [0, 0.05) is 40.6 Å². The van der Waals surface area contributed by atoms with Crippen molar-refractivity contribution in [2.45, 2.75) is 6.92 Å². The van der Waals surface area contributed by atoms with E-state index in [1.165, 1.54) is 4.31 Å². The van der Waals surface area contributed by atoms with E-state index in [4.69, 9.17) is 11.6 Å². The third-order valence-electron chi connectivity index (χ3n) is 5.14. The summed E-state index contributed by atoms with van der Waals surface area (Å²) in [5.41, 5.74) is 3.16. The molecule has 170 valence electrons. The highest BCUT2D eigenvalue weighted by atomic mass is 35.5. The van der Waals surface area contributed by atoms with Gasteiger partial charge in [-0.15, -0.1) is 0 Å². The van der Waals surface area contributed by atoms with Crippen molar-refractivity contribution in [1.29, 1.82) is 0 Å². The van der Waals surface area contributed by atoms with E-state index in [0.717, 1.165) is 5.56 Å². The molecular weight excluding hydrogens is 464 g/mol. The fraction of sp³-hybridized carbons (Fsp3) is 0.130. The predicted molar refractivity (Wildman–Crippen MR) is 129 cm³/mol.